The number of rotatable bonds is 7. The van der Waals surface area contributed by atoms with Gasteiger partial charge in [-0.25, -0.2) is 0 Å². The van der Waals surface area contributed by atoms with Crippen LogP contribution >= 0.6 is 0 Å². The van der Waals surface area contributed by atoms with Crippen molar-refractivity contribution < 1.29 is 4.74 Å². The SMILES string of the molecule is CCCNC(CCC1CCCO1)C1CCCCCC1. The summed E-state index contributed by atoms with van der Waals surface area (Å²) in [6.07, 6.45) is 15.7. The van der Waals surface area contributed by atoms with Crippen molar-refractivity contribution in [2.24, 2.45) is 5.92 Å². The predicted octanol–water partition coefficient (Wildman–Crippen LogP) is 4.28. The number of hydrogen-bond donors (Lipinski definition) is 1. The molecule has 1 N–H and O–H groups in total. The molecule has 19 heavy (non-hydrogen) atoms. The quantitative estimate of drug-likeness (QED) is 0.695. The first-order valence-electron chi connectivity index (χ1n) is 8.75. The van der Waals surface area contributed by atoms with Crippen molar-refractivity contribution in [3.63, 3.8) is 0 Å². The molecule has 0 spiro atoms. The van der Waals surface area contributed by atoms with Crippen LogP contribution in [0.5, 0.6) is 0 Å². The highest BCUT2D eigenvalue weighted by Crippen LogP contribution is 2.29. The molecule has 2 nitrogen and oxygen atoms in total. The lowest BCUT2D eigenvalue weighted by Crippen LogP contribution is -2.37. The van der Waals surface area contributed by atoms with E-state index in [-0.39, 0.29) is 0 Å². The van der Waals surface area contributed by atoms with Gasteiger partial charge in [0.2, 0.25) is 0 Å². The first-order chi connectivity index (χ1) is 9.40. The molecule has 0 aromatic rings. The Labute approximate surface area is 119 Å². The van der Waals surface area contributed by atoms with E-state index in [0.29, 0.717) is 6.10 Å². The maximum atomic E-state index is 5.79. The predicted molar refractivity (Wildman–Crippen MR) is 81.5 cm³/mol. The Morgan fingerprint density at radius 2 is 1.84 bits per heavy atom. The highest BCUT2D eigenvalue weighted by Gasteiger charge is 2.24. The molecule has 1 saturated heterocycles. The van der Waals surface area contributed by atoms with Crippen LogP contribution in [0.2, 0.25) is 0 Å². The van der Waals surface area contributed by atoms with Gasteiger partial charge < -0.3 is 10.1 Å². The third kappa shape index (κ3) is 5.43. The van der Waals surface area contributed by atoms with E-state index in [2.05, 4.69) is 12.2 Å². The molecule has 1 saturated carbocycles. The number of hydrogen-bond acceptors (Lipinski definition) is 2. The summed E-state index contributed by atoms with van der Waals surface area (Å²) in [5.74, 6) is 0.926. The maximum absolute atomic E-state index is 5.79. The third-order valence-corrected chi connectivity index (χ3v) is 4.95. The lowest BCUT2D eigenvalue weighted by atomic mass is 9.88. The minimum absolute atomic E-state index is 0.566. The Balaban J connectivity index is 1.78. The fraction of sp³-hybridized carbons (Fsp3) is 1.00. The molecule has 2 rings (SSSR count). The van der Waals surface area contributed by atoms with Gasteiger partial charge in [0.1, 0.15) is 0 Å². The molecule has 1 aliphatic heterocycles. The van der Waals surface area contributed by atoms with Crippen molar-refractivity contribution >= 4 is 0 Å². The minimum Gasteiger partial charge on any atom is -0.378 e. The third-order valence-electron chi connectivity index (χ3n) is 4.95. The second-order valence-electron chi connectivity index (χ2n) is 6.52. The Hall–Kier alpha value is -0.0800. The van der Waals surface area contributed by atoms with Crippen molar-refractivity contribution in [1.82, 2.24) is 5.32 Å². The zero-order chi connectivity index (χ0) is 13.3. The van der Waals surface area contributed by atoms with Crippen molar-refractivity contribution in [2.75, 3.05) is 13.2 Å². The molecule has 112 valence electrons. The smallest absolute Gasteiger partial charge is 0.0576 e. The van der Waals surface area contributed by atoms with Crippen LogP contribution < -0.4 is 5.32 Å². The van der Waals surface area contributed by atoms with Crippen molar-refractivity contribution in [2.45, 2.75) is 89.7 Å². The van der Waals surface area contributed by atoms with E-state index in [1.54, 1.807) is 0 Å². The second kappa shape index (κ2) is 8.97. The summed E-state index contributed by atoms with van der Waals surface area (Å²) < 4.78 is 5.79. The van der Waals surface area contributed by atoms with Crippen LogP contribution in [0.15, 0.2) is 0 Å². The molecule has 0 radical (unpaired) electrons. The summed E-state index contributed by atoms with van der Waals surface area (Å²) in [4.78, 5) is 0. The zero-order valence-electron chi connectivity index (χ0n) is 12.8. The van der Waals surface area contributed by atoms with Crippen LogP contribution in [0, 0.1) is 5.92 Å². The van der Waals surface area contributed by atoms with Crippen LogP contribution in [0.1, 0.15) is 77.6 Å². The maximum Gasteiger partial charge on any atom is 0.0576 e. The molecule has 1 heterocycles. The van der Waals surface area contributed by atoms with Gasteiger partial charge in [-0.05, 0) is 57.4 Å². The van der Waals surface area contributed by atoms with Crippen LogP contribution in [0.4, 0.5) is 0 Å². The highest BCUT2D eigenvalue weighted by atomic mass is 16.5. The van der Waals surface area contributed by atoms with Gasteiger partial charge in [0.05, 0.1) is 6.10 Å². The Bertz CT molecular complexity index is 217. The van der Waals surface area contributed by atoms with Crippen molar-refractivity contribution in [3.8, 4) is 0 Å². The lowest BCUT2D eigenvalue weighted by Gasteiger charge is -2.28. The molecular formula is C17H33NO. The molecule has 1 aliphatic carbocycles. The van der Waals surface area contributed by atoms with Gasteiger partial charge in [0.15, 0.2) is 0 Å². The fourth-order valence-electron chi connectivity index (χ4n) is 3.78. The summed E-state index contributed by atoms with van der Waals surface area (Å²) in [7, 11) is 0. The molecule has 2 atom stereocenters. The number of nitrogens with one attached hydrogen (secondary N) is 1. The van der Waals surface area contributed by atoms with E-state index >= 15 is 0 Å². The largest absolute Gasteiger partial charge is 0.378 e. The van der Waals surface area contributed by atoms with Crippen LogP contribution in [0.25, 0.3) is 0 Å². The summed E-state index contributed by atoms with van der Waals surface area (Å²) in [5.41, 5.74) is 0. The number of ether oxygens (including phenoxy) is 1. The second-order valence-corrected chi connectivity index (χ2v) is 6.52. The molecule has 2 unspecified atom stereocenters. The van der Waals surface area contributed by atoms with Crippen LogP contribution in [-0.4, -0.2) is 25.3 Å². The fourth-order valence-corrected chi connectivity index (χ4v) is 3.78. The molecule has 2 aliphatic rings. The summed E-state index contributed by atoms with van der Waals surface area (Å²) in [5, 5.41) is 3.84. The first kappa shape index (κ1) is 15.3. The highest BCUT2D eigenvalue weighted by molar-refractivity contribution is 4.80. The van der Waals surface area contributed by atoms with Gasteiger partial charge in [0.25, 0.3) is 0 Å². The van der Waals surface area contributed by atoms with Crippen LogP contribution in [-0.2, 0) is 4.74 Å². The molecule has 0 aromatic carbocycles. The van der Waals surface area contributed by atoms with E-state index in [0.717, 1.165) is 18.6 Å². The average molecular weight is 267 g/mol. The zero-order valence-corrected chi connectivity index (χ0v) is 12.8. The molecule has 2 fully saturated rings. The molecule has 0 bridgehead atoms. The Kier molecular flexibility index (Phi) is 7.23. The monoisotopic (exact) mass is 267 g/mol. The normalized spacial score (nSPS) is 27.3. The lowest BCUT2D eigenvalue weighted by molar-refractivity contribution is 0.0965. The Morgan fingerprint density at radius 1 is 1.05 bits per heavy atom. The van der Waals surface area contributed by atoms with E-state index in [9.17, 15) is 0 Å². The van der Waals surface area contributed by atoms with Gasteiger partial charge in [-0.3, -0.25) is 0 Å². The topological polar surface area (TPSA) is 21.3 Å². The van der Waals surface area contributed by atoms with Gasteiger partial charge in [-0.15, -0.1) is 0 Å². The van der Waals surface area contributed by atoms with Gasteiger partial charge >= 0.3 is 0 Å². The molecule has 0 aromatic heterocycles. The summed E-state index contributed by atoms with van der Waals surface area (Å²) >= 11 is 0. The summed E-state index contributed by atoms with van der Waals surface area (Å²) in [6, 6.07) is 0.752. The van der Waals surface area contributed by atoms with Gasteiger partial charge in [-0.2, -0.15) is 0 Å². The van der Waals surface area contributed by atoms with E-state index in [1.807, 2.05) is 0 Å². The van der Waals surface area contributed by atoms with Crippen molar-refractivity contribution in [3.05, 3.63) is 0 Å². The minimum atomic E-state index is 0.566. The van der Waals surface area contributed by atoms with E-state index < -0.39 is 0 Å². The van der Waals surface area contributed by atoms with Gasteiger partial charge in [0, 0.05) is 12.6 Å². The summed E-state index contributed by atoms with van der Waals surface area (Å²) in [6.45, 7) is 4.46. The molecule has 0 amide bonds. The standard InChI is InChI=1S/C17H33NO/c1-2-13-18-17(12-11-16-10-7-14-19-16)15-8-5-3-4-6-9-15/h15-18H,2-14H2,1H3. The average Bonchev–Trinajstić information content (AvgIpc) is 2.80. The van der Waals surface area contributed by atoms with E-state index in [4.69, 9.17) is 4.74 Å². The first-order valence-corrected chi connectivity index (χ1v) is 8.75. The molecular weight excluding hydrogens is 234 g/mol. The van der Waals surface area contributed by atoms with Gasteiger partial charge in [-0.1, -0.05) is 32.6 Å². The van der Waals surface area contributed by atoms with Crippen molar-refractivity contribution in [1.29, 1.82) is 0 Å². The van der Waals surface area contributed by atoms with Crippen LogP contribution in [0.3, 0.4) is 0 Å². The molecule has 2 heteroatoms. The Morgan fingerprint density at radius 3 is 2.47 bits per heavy atom. The van der Waals surface area contributed by atoms with E-state index in [1.165, 1.54) is 77.2 Å².